The van der Waals surface area contributed by atoms with Gasteiger partial charge in [0.2, 0.25) is 0 Å². The lowest BCUT2D eigenvalue weighted by Gasteiger charge is -2.13. The van der Waals surface area contributed by atoms with Crippen LogP contribution in [-0.4, -0.2) is 14.7 Å². The van der Waals surface area contributed by atoms with E-state index in [2.05, 4.69) is 13.5 Å². The molecule has 1 aromatic rings. The monoisotopic (exact) mass is 278 g/mol. The summed E-state index contributed by atoms with van der Waals surface area (Å²) in [6, 6.07) is 7.79. The minimum Gasteiger partial charge on any atom is -0.344 e. The maximum absolute atomic E-state index is 12.8. The Morgan fingerprint density at radius 2 is 2.00 bits per heavy atom. The smallest absolute Gasteiger partial charge is 0.194 e. The molecule has 3 atom stereocenters. The standard InChI is InChI=1S/C16H22O2S/c1-5-7-12-15(4)16(6-2,18-15)19(17)14-10-8-13(3)9-11-14/h6,8-11H,2,5,7,12H2,1,3-4H3/t15-,16+,19-/m0/s1. The van der Waals surface area contributed by atoms with Gasteiger partial charge in [0.05, 0.1) is 10.8 Å². The van der Waals surface area contributed by atoms with Crippen molar-refractivity contribution in [2.24, 2.45) is 0 Å². The maximum atomic E-state index is 12.8. The molecule has 0 radical (unpaired) electrons. The van der Waals surface area contributed by atoms with Crippen molar-refractivity contribution in [3.8, 4) is 0 Å². The summed E-state index contributed by atoms with van der Waals surface area (Å²) in [6.07, 6.45) is 4.84. The molecule has 0 aromatic heterocycles. The Balaban J connectivity index is 2.22. The molecule has 1 aliphatic rings. The Morgan fingerprint density at radius 1 is 1.37 bits per heavy atom. The second kappa shape index (κ2) is 5.22. The van der Waals surface area contributed by atoms with Crippen molar-refractivity contribution >= 4 is 10.8 Å². The zero-order chi connectivity index (χ0) is 14.1. The Bertz CT molecular complexity index is 494. The molecular weight excluding hydrogens is 256 g/mol. The van der Waals surface area contributed by atoms with Gasteiger partial charge in [0, 0.05) is 4.90 Å². The molecule has 104 valence electrons. The second-order valence-corrected chi connectivity index (χ2v) is 7.01. The van der Waals surface area contributed by atoms with Crippen molar-refractivity contribution in [2.45, 2.75) is 55.5 Å². The van der Waals surface area contributed by atoms with Crippen molar-refractivity contribution in [2.75, 3.05) is 0 Å². The van der Waals surface area contributed by atoms with E-state index in [9.17, 15) is 4.21 Å². The van der Waals surface area contributed by atoms with Crippen LogP contribution in [0.4, 0.5) is 0 Å². The van der Waals surface area contributed by atoms with E-state index in [1.807, 2.05) is 38.1 Å². The average molecular weight is 278 g/mol. The van der Waals surface area contributed by atoms with Gasteiger partial charge in [-0.05, 0) is 38.5 Å². The van der Waals surface area contributed by atoms with Gasteiger partial charge in [-0.15, -0.1) is 0 Å². The van der Waals surface area contributed by atoms with Crippen LogP contribution in [-0.2, 0) is 15.5 Å². The molecule has 19 heavy (non-hydrogen) atoms. The van der Waals surface area contributed by atoms with Gasteiger partial charge in [-0.25, -0.2) is 0 Å². The van der Waals surface area contributed by atoms with Gasteiger partial charge in [0.1, 0.15) is 5.60 Å². The number of unbranched alkanes of at least 4 members (excludes halogenated alkanes) is 1. The highest BCUT2D eigenvalue weighted by Gasteiger charge is 2.68. The highest BCUT2D eigenvalue weighted by molar-refractivity contribution is 7.87. The summed E-state index contributed by atoms with van der Waals surface area (Å²) in [6.45, 7) is 10.1. The summed E-state index contributed by atoms with van der Waals surface area (Å²) >= 11 is 0. The molecule has 1 aromatic carbocycles. The number of hydrogen-bond acceptors (Lipinski definition) is 2. The van der Waals surface area contributed by atoms with E-state index in [1.165, 1.54) is 5.56 Å². The van der Waals surface area contributed by atoms with Crippen LogP contribution in [0.3, 0.4) is 0 Å². The Hall–Kier alpha value is -0.930. The van der Waals surface area contributed by atoms with Gasteiger partial charge < -0.3 is 4.74 Å². The summed E-state index contributed by atoms with van der Waals surface area (Å²) < 4.78 is 18.6. The van der Waals surface area contributed by atoms with Gasteiger partial charge >= 0.3 is 0 Å². The summed E-state index contributed by atoms with van der Waals surface area (Å²) in [5, 5.41) is 0. The van der Waals surface area contributed by atoms with E-state index in [0.29, 0.717) is 0 Å². The van der Waals surface area contributed by atoms with Crippen LogP contribution in [0.5, 0.6) is 0 Å². The van der Waals surface area contributed by atoms with Crippen molar-refractivity contribution in [1.29, 1.82) is 0 Å². The summed E-state index contributed by atoms with van der Waals surface area (Å²) in [5.41, 5.74) is 0.833. The van der Waals surface area contributed by atoms with E-state index in [4.69, 9.17) is 4.74 Å². The van der Waals surface area contributed by atoms with E-state index < -0.39 is 15.7 Å². The average Bonchev–Trinajstić information content (AvgIpc) is 3.04. The van der Waals surface area contributed by atoms with Crippen LogP contribution in [0.25, 0.3) is 0 Å². The SMILES string of the molecule is C=C[C@]1([S@@](=O)c2ccc(C)cc2)O[C@@]1(C)CCCC. The minimum absolute atomic E-state index is 0.333. The lowest BCUT2D eigenvalue weighted by atomic mass is 10.00. The highest BCUT2D eigenvalue weighted by atomic mass is 32.2. The van der Waals surface area contributed by atoms with E-state index >= 15 is 0 Å². The third-order valence-corrected chi connectivity index (χ3v) is 5.79. The van der Waals surface area contributed by atoms with E-state index in [0.717, 1.165) is 24.2 Å². The fraction of sp³-hybridized carbons (Fsp3) is 0.500. The zero-order valence-corrected chi connectivity index (χ0v) is 12.8. The van der Waals surface area contributed by atoms with Crippen LogP contribution in [0.1, 0.15) is 38.7 Å². The highest BCUT2D eigenvalue weighted by Crippen LogP contribution is 2.55. The van der Waals surface area contributed by atoms with Gasteiger partial charge in [-0.1, -0.05) is 44.0 Å². The molecule has 1 aliphatic heterocycles. The van der Waals surface area contributed by atoms with Crippen LogP contribution in [0.15, 0.2) is 41.8 Å². The van der Waals surface area contributed by atoms with Crippen LogP contribution < -0.4 is 0 Å². The lowest BCUT2D eigenvalue weighted by Crippen LogP contribution is -2.26. The van der Waals surface area contributed by atoms with Crippen molar-refractivity contribution < 1.29 is 8.95 Å². The fourth-order valence-corrected chi connectivity index (χ4v) is 4.09. The molecule has 0 bridgehead atoms. The van der Waals surface area contributed by atoms with Gasteiger partial charge in [0.25, 0.3) is 0 Å². The first-order valence-electron chi connectivity index (χ1n) is 6.81. The van der Waals surface area contributed by atoms with Crippen molar-refractivity contribution in [1.82, 2.24) is 0 Å². The number of benzene rings is 1. The third kappa shape index (κ3) is 2.41. The van der Waals surface area contributed by atoms with E-state index in [-0.39, 0.29) is 5.60 Å². The number of epoxide rings is 1. The Morgan fingerprint density at radius 3 is 2.53 bits per heavy atom. The predicted molar refractivity (Wildman–Crippen MR) is 79.5 cm³/mol. The first-order valence-corrected chi connectivity index (χ1v) is 7.96. The molecule has 2 nitrogen and oxygen atoms in total. The molecule has 0 saturated carbocycles. The molecule has 0 unspecified atom stereocenters. The zero-order valence-electron chi connectivity index (χ0n) is 11.9. The molecule has 0 aliphatic carbocycles. The number of ether oxygens (including phenoxy) is 1. The maximum Gasteiger partial charge on any atom is 0.194 e. The quantitative estimate of drug-likeness (QED) is 0.582. The molecular formula is C16H22O2S. The third-order valence-electron chi connectivity index (χ3n) is 3.86. The number of rotatable bonds is 6. The molecule has 1 saturated heterocycles. The Kier molecular flexibility index (Phi) is 3.98. The van der Waals surface area contributed by atoms with Crippen LogP contribution in [0, 0.1) is 6.92 Å². The number of aryl methyl sites for hydroxylation is 1. The van der Waals surface area contributed by atoms with Crippen molar-refractivity contribution in [3.63, 3.8) is 0 Å². The van der Waals surface area contributed by atoms with Crippen LogP contribution >= 0.6 is 0 Å². The van der Waals surface area contributed by atoms with Gasteiger partial charge in [-0.2, -0.15) is 0 Å². The van der Waals surface area contributed by atoms with Crippen LogP contribution in [0.2, 0.25) is 0 Å². The molecule has 1 fully saturated rings. The first-order chi connectivity index (χ1) is 8.99. The fourth-order valence-electron chi connectivity index (χ4n) is 2.45. The molecule has 1 heterocycles. The largest absolute Gasteiger partial charge is 0.344 e. The summed E-state index contributed by atoms with van der Waals surface area (Å²) in [7, 11) is -1.20. The summed E-state index contributed by atoms with van der Waals surface area (Å²) in [4.78, 5) is 0.1000. The van der Waals surface area contributed by atoms with Crippen molar-refractivity contribution in [3.05, 3.63) is 42.5 Å². The first kappa shape index (κ1) is 14.5. The summed E-state index contributed by atoms with van der Waals surface area (Å²) in [5.74, 6) is 0. The molecule has 3 heteroatoms. The van der Waals surface area contributed by atoms with Gasteiger partial charge in [0.15, 0.2) is 4.93 Å². The minimum atomic E-state index is -1.20. The normalized spacial score (nSPS) is 30.9. The lowest BCUT2D eigenvalue weighted by molar-refractivity contribution is 0.293. The van der Waals surface area contributed by atoms with E-state index in [1.54, 1.807) is 6.08 Å². The predicted octanol–water partition coefficient (Wildman–Crippen LogP) is 3.96. The molecule has 2 rings (SSSR count). The Labute approximate surface area is 118 Å². The molecule has 0 amide bonds. The molecule has 0 N–H and O–H groups in total. The second-order valence-electron chi connectivity index (χ2n) is 5.39. The topological polar surface area (TPSA) is 29.6 Å². The number of hydrogen-bond donors (Lipinski definition) is 0. The molecule has 0 spiro atoms. The van der Waals surface area contributed by atoms with Gasteiger partial charge in [-0.3, -0.25) is 4.21 Å².